The topological polar surface area (TPSA) is 17.1 Å². The number of fused-ring (bicyclic) bond motifs is 2. The minimum Gasteiger partial charge on any atom is -0.289 e. The highest BCUT2D eigenvalue weighted by molar-refractivity contribution is 7.24. The van der Waals surface area contributed by atoms with E-state index in [-0.39, 0.29) is 10.1 Å². The van der Waals surface area contributed by atoms with Crippen molar-refractivity contribution in [3.8, 4) is 0 Å². The molecule has 0 aliphatic rings. The molecule has 0 fully saturated rings. The molecular formula is C13H9FOS. The molecule has 3 heteroatoms. The zero-order valence-corrected chi connectivity index (χ0v) is 9.16. The molecule has 1 nitrogen and oxygen atoms in total. The molecule has 0 unspecified atom stereocenters. The molecule has 0 saturated heterocycles. The van der Waals surface area contributed by atoms with Gasteiger partial charge in [-0.15, -0.1) is 11.3 Å². The Morgan fingerprint density at radius 1 is 0.750 bits per heavy atom. The highest BCUT2D eigenvalue weighted by Crippen LogP contribution is 2.23. The maximum atomic E-state index is 12.1. The van der Waals surface area contributed by atoms with Gasteiger partial charge in [-0.2, -0.15) is 0 Å². The fraction of sp³-hybridized carbons (Fsp3) is 0. The highest BCUT2D eigenvalue weighted by Gasteiger charge is 2.03. The molecule has 0 amide bonds. The fourth-order valence-corrected chi connectivity index (χ4v) is 2.82. The molecule has 0 atom stereocenters. The standard InChI is InChI=1S/C13H8OS.FH/c14-13-9-5-1-3-7-11(9)15-12-8-4-2-6-10(12)13;/h1-8H;1H. The Labute approximate surface area is 95.3 Å². The van der Waals surface area contributed by atoms with E-state index in [1.54, 1.807) is 11.3 Å². The van der Waals surface area contributed by atoms with Crippen LogP contribution in [0.4, 0.5) is 4.70 Å². The first-order chi connectivity index (χ1) is 7.36. The largest absolute Gasteiger partial charge is 0.289 e. The number of benzene rings is 2. The van der Waals surface area contributed by atoms with Gasteiger partial charge in [-0.05, 0) is 24.3 Å². The summed E-state index contributed by atoms with van der Waals surface area (Å²) in [5.74, 6) is 0. The van der Waals surface area contributed by atoms with Crippen molar-refractivity contribution in [3.63, 3.8) is 0 Å². The Hall–Kier alpha value is -1.74. The Morgan fingerprint density at radius 3 is 1.69 bits per heavy atom. The molecule has 3 aromatic rings. The lowest BCUT2D eigenvalue weighted by molar-refractivity contribution is 1.11. The second-order valence-electron chi connectivity index (χ2n) is 3.42. The van der Waals surface area contributed by atoms with Gasteiger partial charge in [0.1, 0.15) is 0 Å². The van der Waals surface area contributed by atoms with Crippen LogP contribution in [-0.4, -0.2) is 0 Å². The van der Waals surface area contributed by atoms with Gasteiger partial charge in [-0.3, -0.25) is 9.50 Å². The van der Waals surface area contributed by atoms with Crippen LogP contribution in [0.5, 0.6) is 0 Å². The Bertz CT molecular complexity index is 646. The van der Waals surface area contributed by atoms with Crippen molar-refractivity contribution in [1.82, 2.24) is 0 Å². The Balaban J connectivity index is 0.000000963. The van der Waals surface area contributed by atoms with Crippen LogP contribution in [0, 0.1) is 0 Å². The minimum atomic E-state index is 0. The second-order valence-corrected chi connectivity index (χ2v) is 4.51. The monoisotopic (exact) mass is 232 g/mol. The van der Waals surface area contributed by atoms with Crippen LogP contribution < -0.4 is 5.43 Å². The van der Waals surface area contributed by atoms with E-state index in [2.05, 4.69) is 0 Å². The van der Waals surface area contributed by atoms with Crippen LogP contribution in [0.25, 0.3) is 20.2 Å². The lowest BCUT2D eigenvalue weighted by Crippen LogP contribution is -1.99. The molecule has 0 aliphatic carbocycles. The summed E-state index contributed by atoms with van der Waals surface area (Å²) in [6, 6.07) is 15.5. The van der Waals surface area contributed by atoms with Gasteiger partial charge in [0, 0.05) is 20.2 Å². The van der Waals surface area contributed by atoms with E-state index < -0.39 is 0 Å². The molecule has 1 heterocycles. The molecule has 1 aromatic heterocycles. The average Bonchev–Trinajstić information content (AvgIpc) is 2.30. The summed E-state index contributed by atoms with van der Waals surface area (Å²) in [5.41, 5.74) is 0.139. The summed E-state index contributed by atoms with van der Waals surface area (Å²) in [7, 11) is 0. The predicted molar refractivity (Wildman–Crippen MR) is 68.1 cm³/mol. The first-order valence-corrected chi connectivity index (χ1v) is 5.58. The minimum absolute atomic E-state index is 0. The third-order valence-electron chi connectivity index (χ3n) is 2.48. The normalized spacial score (nSPS) is 10.2. The molecule has 2 aromatic carbocycles. The van der Waals surface area contributed by atoms with Crippen LogP contribution in [0.3, 0.4) is 0 Å². The third kappa shape index (κ3) is 1.49. The average molecular weight is 232 g/mol. The zero-order chi connectivity index (χ0) is 10.3. The summed E-state index contributed by atoms with van der Waals surface area (Å²) in [6.07, 6.45) is 0. The summed E-state index contributed by atoms with van der Waals surface area (Å²) >= 11 is 1.67. The summed E-state index contributed by atoms with van der Waals surface area (Å²) in [6.45, 7) is 0. The number of rotatable bonds is 0. The van der Waals surface area contributed by atoms with E-state index in [1.165, 1.54) is 0 Å². The molecule has 0 N–H and O–H groups in total. The van der Waals surface area contributed by atoms with Crippen LogP contribution in [0.15, 0.2) is 53.3 Å². The van der Waals surface area contributed by atoms with Crippen molar-refractivity contribution in [3.05, 3.63) is 58.8 Å². The molecule has 16 heavy (non-hydrogen) atoms. The molecular weight excluding hydrogens is 223 g/mol. The van der Waals surface area contributed by atoms with Gasteiger partial charge >= 0.3 is 0 Å². The van der Waals surface area contributed by atoms with Crippen LogP contribution in [0.2, 0.25) is 0 Å². The maximum Gasteiger partial charge on any atom is 0.195 e. The molecule has 0 bridgehead atoms. The van der Waals surface area contributed by atoms with E-state index in [9.17, 15) is 4.79 Å². The zero-order valence-electron chi connectivity index (χ0n) is 8.34. The van der Waals surface area contributed by atoms with Crippen LogP contribution >= 0.6 is 11.3 Å². The fourth-order valence-electron chi connectivity index (χ4n) is 1.75. The van der Waals surface area contributed by atoms with Crippen molar-refractivity contribution in [2.75, 3.05) is 0 Å². The molecule has 0 radical (unpaired) electrons. The molecule has 80 valence electrons. The molecule has 0 spiro atoms. The van der Waals surface area contributed by atoms with Crippen molar-refractivity contribution >= 4 is 31.5 Å². The van der Waals surface area contributed by atoms with Gasteiger partial charge < -0.3 is 0 Å². The first-order valence-electron chi connectivity index (χ1n) is 4.77. The Morgan fingerprint density at radius 2 is 1.19 bits per heavy atom. The Kier molecular flexibility index (Phi) is 2.71. The van der Waals surface area contributed by atoms with Gasteiger partial charge in [0.2, 0.25) is 0 Å². The van der Waals surface area contributed by atoms with Gasteiger partial charge in [-0.1, -0.05) is 24.3 Å². The second kappa shape index (κ2) is 4.02. The van der Waals surface area contributed by atoms with Crippen molar-refractivity contribution < 1.29 is 4.70 Å². The van der Waals surface area contributed by atoms with E-state index >= 15 is 0 Å². The van der Waals surface area contributed by atoms with Gasteiger partial charge in [-0.25, -0.2) is 0 Å². The summed E-state index contributed by atoms with van der Waals surface area (Å²) in [5, 5.41) is 1.64. The van der Waals surface area contributed by atoms with E-state index in [0.29, 0.717) is 0 Å². The van der Waals surface area contributed by atoms with Crippen LogP contribution in [-0.2, 0) is 0 Å². The third-order valence-corrected chi connectivity index (χ3v) is 3.64. The van der Waals surface area contributed by atoms with Crippen molar-refractivity contribution in [2.24, 2.45) is 0 Å². The van der Waals surface area contributed by atoms with Crippen molar-refractivity contribution in [2.45, 2.75) is 0 Å². The number of halogens is 1. The van der Waals surface area contributed by atoms with Gasteiger partial charge in [0.15, 0.2) is 5.43 Å². The molecule has 3 rings (SSSR count). The van der Waals surface area contributed by atoms with Gasteiger partial charge in [0.25, 0.3) is 0 Å². The summed E-state index contributed by atoms with van der Waals surface area (Å²) < 4.78 is 2.11. The summed E-state index contributed by atoms with van der Waals surface area (Å²) in [4.78, 5) is 12.1. The molecule has 0 saturated carbocycles. The van der Waals surface area contributed by atoms with Crippen molar-refractivity contribution in [1.29, 1.82) is 0 Å². The lowest BCUT2D eigenvalue weighted by Gasteiger charge is -1.99. The quantitative estimate of drug-likeness (QED) is 0.541. The van der Waals surface area contributed by atoms with E-state index in [1.807, 2.05) is 48.5 Å². The van der Waals surface area contributed by atoms with E-state index in [4.69, 9.17) is 0 Å². The predicted octanol–water partition coefficient (Wildman–Crippen LogP) is 3.57. The lowest BCUT2D eigenvalue weighted by atomic mass is 10.2. The smallest absolute Gasteiger partial charge is 0.195 e. The van der Waals surface area contributed by atoms with Crippen LogP contribution in [0.1, 0.15) is 0 Å². The highest BCUT2D eigenvalue weighted by atomic mass is 32.1. The van der Waals surface area contributed by atoms with Gasteiger partial charge in [0.05, 0.1) is 0 Å². The van der Waals surface area contributed by atoms with E-state index in [0.717, 1.165) is 20.2 Å². The number of hydrogen-bond acceptors (Lipinski definition) is 2. The number of hydrogen-bond donors (Lipinski definition) is 0. The maximum absolute atomic E-state index is 12.1. The SMILES string of the molecule is F.O=c1c2ccccc2sc2ccccc12. The molecule has 0 aliphatic heterocycles. The first kappa shape index (κ1) is 10.8.